The lowest BCUT2D eigenvalue weighted by atomic mass is 10.2. The van der Waals surface area contributed by atoms with Gasteiger partial charge in [0.25, 0.3) is 0 Å². The Morgan fingerprint density at radius 1 is 1.60 bits per heavy atom. The van der Waals surface area contributed by atoms with Gasteiger partial charge in [0.1, 0.15) is 0 Å². The fourth-order valence-electron chi connectivity index (χ4n) is 1.62. The van der Waals surface area contributed by atoms with E-state index < -0.39 is 9.84 Å². The van der Waals surface area contributed by atoms with Crippen molar-refractivity contribution in [3.63, 3.8) is 0 Å². The van der Waals surface area contributed by atoms with Crippen LogP contribution in [0.4, 0.5) is 0 Å². The number of nitrogens with zero attached hydrogens (tertiary/aromatic N) is 1. The Bertz CT molecular complexity index is 377. The van der Waals surface area contributed by atoms with Crippen LogP contribution in [0.1, 0.15) is 13.3 Å². The summed E-state index contributed by atoms with van der Waals surface area (Å²) in [6.07, 6.45) is 0.0136. The minimum Gasteiger partial charge on any atom is -0.393 e. The van der Waals surface area contributed by atoms with Gasteiger partial charge in [-0.2, -0.15) is 0 Å². The molecule has 15 heavy (non-hydrogen) atoms. The second-order valence-electron chi connectivity index (χ2n) is 3.69. The van der Waals surface area contributed by atoms with Crippen LogP contribution >= 0.6 is 12.2 Å². The largest absolute Gasteiger partial charge is 0.393 e. The topological polar surface area (TPSA) is 80.5 Å². The summed E-state index contributed by atoms with van der Waals surface area (Å²) in [6, 6.07) is -0.286. The number of hydrogen-bond acceptors (Lipinski definition) is 4. The van der Waals surface area contributed by atoms with E-state index in [0.29, 0.717) is 0 Å². The van der Waals surface area contributed by atoms with Crippen molar-refractivity contribution < 1.29 is 13.2 Å². The summed E-state index contributed by atoms with van der Waals surface area (Å²) < 4.78 is 22.5. The second-order valence-corrected chi connectivity index (χ2v) is 6.45. The zero-order chi connectivity index (χ0) is 11.6. The van der Waals surface area contributed by atoms with Crippen molar-refractivity contribution in [2.75, 3.05) is 18.1 Å². The van der Waals surface area contributed by atoms with E-state index in [1.807, 2.05) is 0 Å². The summed E-state index contributed by atoms with van der Waals surface area (Å²) in [4.78, 5) is 13.3. The molecule has 0 spiro atoms. The fourth-order valence-corrected chi connectivity index (χ4v) is 3.30. The standard InChI is InChI=1S/C8H14N2O3S2/c1-6-5-15(12,13)3-2-10(6)8(11)4-7(9)14/h6H,2-5H2,1H3,(H2,9,14). The second kappa shape index (κ2) is 4.44. The summed E-state index contributed by atoms with van der Waals surface area (Å²) >= 11 is 4.64. The molecule has 0 aromatic heterocycles. The van der Waals surface area contributed by atoms with Crippen molar-refractivity contribution >= 4 is 33.0 Å². The molecule has 1 amide bonds. The molecule has 86 valence electrons. The molecule has 0 aromatic carbocycles. The van der Waals surface area contributed by atoms with Crippen molar-refractivity contribution in [1.29, 1.82) is 0 Å². The third-order valence-corrected chi connectivity index (χ3v) is 4.26. The van der Waals surface area contributed by atoms with E-state index in [-0.39, 0.29) is 41.4 Å². The molecule has 0 radical (unpaired) electrons. The Kier molecular flexibility index (Phi) is 3.67. The molecule has 2 N–H and O–H groups in total. The molecule has 1 heterocycles. The summed E-state index contributed by atoms with van der Waals surface area (Å²) in [5.41, 5.74) is 5.26. The number of carbonyl (C=O) groups is 1. The van der Waals surface area contributed by atoms with Crippen molar-refractivity contribution in [1.82, 2.24) is 4.90 Å². The molecule has 1 rings (SSSR count). The Morgan fingerprint density at radius 3 is 2.67 bits per heavy atom. The highest BCUT2D eigenvalue weighted by molar-refractivity contribution is 7.91. The van der Waals surface area contributed by atoms with E-state index in [1.165, 1.54) is 4.90 Å². The average Bonchev–Trinajstić information content (AvgIpc) is 1.99. The maximum absolute atomic E-state index is 11.6. The lowest BCUT2D eigenvalue weighted by Crippen LogP contribution is -2.50. The SMILES string of the molecule is CC1CS(=O)(=O)CCN1C(=O)CC(N)=S. The van der Waals surface area contributed by atoms with E-state index in [2.05, 4.69) is 12.2 Å². The van der Waals surface area contributed by atoms with Crippen molar-refractivity contribution in [3.05, 3.63) is 0 Å². The van der Waals surface area contributed by atoms with E-state index in [4.69, 9.17) is 5.73 Å². The molecule has 1 fully saturated rings. The number of carbonyl (C=O) groups excluding carboxylic acids is 1. The van der Waals surface area contributed by atoms with Crippen LogP contribution in [-0.2, 0) is 14.6 Å². The van der Waals surface area contributed by atoms with E-state index >= 15 is 0 Å². The van der Waals surface area contributed by atoms with Gasteiger partial charge in [-0.05, 0) is 6.92 Å². The summed E-state index contributed by atoms with van der Waals surface area (Å²) in [5, 5.41) is 0. The maximum Gasteiger partial charge on any atom is 0.229 e. The van der Waals surface area contributed by atoms with Gasteiger partial charge in [-0.25, -0.2) is 8.42 Å². The fraction of sp³-hybridized carbons (Fsp3) is 0.750. The Morgan fingerprint density at radius 2 is 2.20 bits per heavy atom. The molecule has 1 unspecified atom stereocenters. The van der Waals surface area contributed by atoms with Gasteiger partial charge >= 0.3 is 0 Å². The van der Waals surface area contributed by atoms with Crippen molar-refractivity contribution in [3.8, 4) is 0 Å². The lowest BCUT2D eigenvalue weighted by molar-refractivity contribution is -0.131. The van der Waals surface area contributed by atoms with Crippen LogP contribution in [0, 0.1) is 0 Å². The first-order valence-electron chi connectivity index (χ1n) is 4.60. The van der Waals surface area contributed by atoms with Crippen LogP contribution in [0.25, 0.3) is 0 Å². The minimum atomic E-state index is -2.98. The monoisotopic (exact) mass is 250 g/mol. The van der Waals surface area contributed by atoms with E-state index in [9.17, 15) is 13.2 Å². The van der Waals surface area contributed by atoms with Crippen molar-refractivity contribution in [2.45, 2.75) is 19.4 Å². The van der Waals surface area contributed by atoms with Gasteiger partial charge in [0.15, 0.2) is 9.84 Å². The van der Waals surface area contributed by atoms with Gasteiger partial charge in [0, 0.05) is 12.6 Å². The first-order valence-corrected chi connectivity index (χ1v) is 6.83. The smallest absolute Gasteiger partial charge is 0.229 e. The van der Waals surface area contributed by atoms with Gasteiger partial charge in [0.05, 0.1) is 22.9 Å². The van der Waals surface area contributed by atoms with Crippen LogP contribution in [0.2, 0.25) is 0 Å². The first kappa shape index (κ1) is 12.4. The normalized spacial score (nSPS) is 24.9. The van der Waals surface area contributed by atoms with Gasteiger partial charge in [0.2, 0.25) is 5.91 Å². The predicted molar refractivity (Wildman–Crippen MR) is 61.2 cm³/mol. The van der Waals surface area contributed by atoms with Crippen LogP contribution < -0.4 is 5.73 Å². The molecule has 5 nitrogen and oxygen atoms in total. The molecule has 0 saturated carbocycles. The van der Waals surface area contributed by atoms with E-state index in [0.717, 1.165) is 0 Å². The number of hydrogen-bond donors (Lipinski definition) is 1. The molecule has 1 aliphatic heterocycles. The van der Waals surface area contributed by atoms with Crippen LogP contribution in [-0.4, -0.2) is 48.3 Å². The number of amides is 1. The summed E-state index contributed by atoms with van der Waals surface area (Å²) in [5.74, 6) is -0.138. The van der Waals surface area contributed by atoms with Crippen molar-refractivity contribution in [2.24, 2.45) is 5.73 Å². The Balaban J connectivity index is 2.66. The quantitative estimate of drug-likeness (QED) is 0.656. The molecule has 7 heteroatoms. The molecule has 1 saturated heterocycles. The highest BCUT2D eigenvalue weighted by atomic mass is 32.2. The van der Waals surface area contributed by atoms with Crippen LogP contribution in [0.3, 0.4) is 0 Å². The molecular weight excluding hydrogens is 236 g/mol. The maximum atomic E-state index is 11.6. The summed E-state index contributed by atoms with van der Waals surface area (Å²) in [6.45, 7) is 1.96. The van der Waals surface area contributed by atoms with Gasteiger partial charge in [-0.3, -0.25) is 4.79 Å². The zero-order valence-corrected chi connectivity index (χ0v) is 10.1. The highest BCUT2D eigenvalue weighted by Crippen LogP contribution is 2.12. The third-order valence-electron chi connectivity index (χ3n) is 2.32. The highest BCUT2D eigenvalue weighted by Gasteiger charge is 2.30. The predicted octanol–water partition coefficient (Wildman–Crippen LogP) is -0.692. The molecule has 0 aliphatic carbocycles. The average molecular weight is 250 g/mol. The van der Waals surface area contributed by atoms with E-state index in [1.54, 1.807) is 6.92 Å². The minimum absolute atomic E-state index is 0.0136. The molecule has 0 bridgehead atoms. The Hall–Kier alpha value is -0.690. The number of rotatable bonds is 2. The number of thiocarbonyl (C=S) groups is 1. The number of sulfone groups is 1. The first-order chi connectivity index (χ1) is 6.82. The van der Waals surface area contributed by atoms with Gasteiger partial charge in [-0.15, -0.1) is 0 Å². The summed E-state index contributed by atoms with van der Waals surface area (Å²) in [7, 11) is -2.98. The van der Waals surface area contributed by atoms with Crippen LogP contribution in [0.15, 0.2) is 0 Å². The molecule has 0 aromatic rings. The molecular formula is C8H14N2O3S2. The van der Waals surface area contributed by atoms with Gasteiger partial charge in [-0.1, -0.05) is 12.2 Å². The number of nitrogens with two attached hydrogens (primary N) is 1. The zero-order valence-electron chi connectivity index (χ0n) is 8.47. The van der Waals surface area contributed by atoms with Gasteiger partial charge < -0.3 is 10.6 Å². The molecule has 1 atom stereocenters. The third kappa shape index (κ3) is 3.42. The lowest BCUT2D eigenvalue weighted by Gasteiger charge is -2.33. The Labute approximate surface area is 94.5 Å². The molecule has 1 aliphatic rings. The van der Waals surface area contributed by atoms with Crippen LogP contribution in [0.5, 0.6) is 0 Å².